The van der Waals surface area contributed by atoms with Gasteiger partial charge in [-0.2, -0.15) is 0 Å². The lowest BCUT2D eigenvalue weighted by molar-refractivity contribution is 0.0702. The summed E-state index contributed by atoms with van der Waals surface area (Å²) in [6, 6.07) is 3.28. The van der Waals surface area contributed by atoms with Crippen molar-refractivity contribution in [2.75, 3.05) is 12.8 Å². The molecule has 0 radical (unpaired) electrons. The fourth-order valence-corrected chi connectivity index (χ4v) is 2.39. The van der Waals surface area contributed by atoms with Crippen LogP contribution in [-0.4, -0.2) is 37.0 Å². The minimum absolute atomic E-state index is 0.286. The maximum absolute atomic E-state index is 11.5. The quantitative estimate of drug-likeness (QED) is 0.827. The fraction of sp³-hybridized carbons (Fsp3) is 0.545. The van der Waals surface area contributed by atoms with Gasteiger partial charge in [0.25, 0.3) is 0 Å². The molecule has 0 aromatic carbocycles. The second-order valence-electron chi connectivity index (χ2n) is 4.71. The van der Waals surface area contributed by atoms with Gasteiger partial charge >= 0.3 is 5.97 Å². The molecule has 0 aliphatic carbocycles. The lowest BCUT2D eigenvalue weighted by atomic mass is 10.2. The van der Waals surface area contributed by atoms with Gasteiger partial charge in [-0.25, -0.2) is 13.2 Å². The maximum Gasteiger partial charge on any atom is 0.345 e. The third kappa shape index (κ3) is 3.79. The lowest BCUT2D eigenvalue weighted by Gasteiger charge is -2.22. The van der Waals surface area contributed by atoms with E-state index in [4.69, 9.17) is 5.11 Å². The Morgan fingerprint density at radius 1 is 1.44 bits per heavy atom. The molecule has 0 aliphatic rings. The van der Waals surface area contributed by atoms with Crippen LogP contribution in [0.25, 0.3) is 0 Å². The molecule has 5 nitrogen and oxygen atoms in total. The normalized spacial score (nSPS) is 12.6. The lowest BCUT2D eigenvalue weighted by Crippen LogP contribution is -2.41. The summed E-state index contributed by atoms with van der Waals surface area (Å²) in [7, 11) is -3.12. The maximum atomic E-state index is 11.5. The summed E-state index contributed by atoms with van der Waals surface area (Å²) in [4.78, 5) is 11.8. The summed E-state index contributed by atoms with van der Waals surface area (Å²) in [6.45, 7) is 4.11. The van der Waals surface area contributed by atoms with Crippen LogP contribution >= 0.6 is 11.3 Å². The molecule has 1 heterocycles. The molecule has 18 heavy (non-hydrogen) atoms. The number of nitrogens with one attached hydrogen (secondary N) is 1. The van der Waals surface area contributed by atoms with Crippen LogP contribution in [0, 0.1) is 0 Å². The van der Waals surface area contributed by atoms with E-state index in [1.807, 2.05) is 0 Å². The number of sulfone groups is 1. The van der Waals surface area contributed by atoms with E-state index in [2.05, 4.69) is 5.32 Å². The Morgan fingerprint density at radius 2 is 2.06 bits per heavy atom. The second-order valence-corrected chi connectivity index (χ2v) is 8.52. The molecule has 102 valence electrons. The molecule has 0 aliphatic heterocycles. The standard InChI is InChI=1S/C11H17NO4S2/c1-11(2,18(3,15)16)7-12-6-8-4-5-9(17-8)10(13)14/h4-5,12H,6-7H2,1-3H3,(H,13,14). The van der Waals surface area contributed by atoms with Crippen LogP contribution < -0.4 is 5.32 Å². The first kappa shape index (κ1) is 15.1. The van der Waals surface area contributed by atoms with Crippen LogP contribution in [0.15, 0.2) is 12.1 Å². The Hall–Kier alpha value is -0.920. The molecule has 0 unspecified atom stereocenters. The van der Waals surface area contributed by atoms with E-state index in [9.17, 15) is 13.2 Å². The first-order valence-electron chi connectivity index (χ1n) is 5.36. The SMILES string of the molecule is CC(C)(CNCc1ccc(C(=O)O)s1)S(C)(=O)=O. The zero-order valence-corrected chi connectivity index (χ0v) is 12.2. The van der Waals surface area contributed by atoms with E-state index in [1.165, 1.54) is 17.6 Å². The molecule has 0 amide bonds. The number of aromatic carboxylic acids is 1. The molecule has 7 heteroatoms. The minimum atomic E-state index is -3.12. The Labute approximate surface area is 111 Å². The molecular weight excluding hydrogens is 274 g/mol. The van der Waals surface area contributed by atoms with E-state index in [1.54, 1.807) is 26.0 Å². The van der Waals surface area contributed by atoms with Crippen molar-refractivity contribution in [1.29, 1.82) is 0 Å². The molecule has 0 saturated carbocycles. The van der Waals surface area contributed by atoms with Crippen molar-refractivity contribution >= 4 is 27.1 Å². The second kappa shape index (κ2) is 5.38. The van der Waals surface area contributed by atoms with Gasteiger partial charge < -0.3 is 10.4 Å². The van der Waals surface area contributed by atoms with Gasteiger partial charge in [-0.15, -0.1) is 11.3 Å². The van der Waals surface area contributed by atoms with Crippen molar-refractivity contribution < 1.29 is 18.3 Å². The zero-order valence-electron chi connectivity index (χ0n) is 10.6. The van der Waals surface area contributed by atoms with Crippen LogP contribution in [0.1, 0.15) is 28.4 Å². The fourth-order valence-electron chi connectivity index (χ4n) is 1.21. The van der Waals surface area contributed by atoms with E-state index in [-0.39, 0.29) is 4.88 Å². The number of hydrogen-bond acceptors (Lipinski definition) is 5. The molecule has 0 fully saturated rings. The van der Waals surface area contributed by atoms with Crippen molar-refractivity contribution in [3.8, 4) is 0 Å². The highest BCUT2D eigenvalue weighted by atomic mass is 32.2. The van der Waals surface area contributed by atoms with Crippen LogP contribution in [-0.2, 0) is 16.4 Å². The number of carboxylic acid groups (broad SMARTS) is 1. The summed E-state index contributed by atoms with van der Waals surface area (Å²) < 4.78 is 22.1. The van der Waals surface area contributed by atoms with Crippen molar-refractivity contribution in [2.24, 2.45) is 0 Å². The van der Waals surface area contributed by atoms with E-state index in [0.29, 0.717) is 13.1 Å². The molecule has 1 aromatic rings. The first-order valence-corrected chi connectivity index (χ1v) is 8.06. The highest BCUT2D eigenvalue weighted by molar-refractivity contribution is 7.92. The predicted octanol–water partition coefficient (Wildman–Crippen LogP) is 1.36. The molecule has 2 N–H and O–H groups in total. The van der Waals surface area contributed by atoms with Crippen LogP contribution in [0.3, 0.4) is 0 Å². The molecule has 0 saturated heterocycles. The Morgan fingerprint density at radius 3 is 2.50 bits per heavy atom. The summed E-state index contributed by atoms with van der Waals surface area (Å²) in [6.07, 6.45) is 1.21. The number of rotatable bonds is 6. The molecule has 0 atom stereocenters. The molecule has 0 spiro atoms. The van der Waals surface area contributed by atoms with Gasteiger partial charge in [0, 0.05) is 24.2 Å². The summed E-state index contributed by atoms with van der Waals surface area (Å²) in [5, 5.41) is 11.8. The number of hydrogen-bond donors (Lipinski definition) is 2. The average molecular weight is 291 g/mol. The number of carbonyl (C=O) groups is 1. The summed E-state index contributed by atoms with van der Waals surface area (Å²) in [5.41, 5.74) is 0. The third-order valence-corrected chi connectivity index (χ3v) is 5.95. The number of carboxylic acids is 1. The smallest absolute Gasteiger partial charge is 0.345 e. The van der Waals surface area contributed by atoms with E-state index >= 15 is 0 Å². The van der Waals surface area contributed by atoms with Gasteiger partial charge in [-0.1, -0.05) is 0 Å². The molecule has 1 rings (SSSR count). The predicted molar refractivity (Wildman–Crippen MR) is 71.9 cm³/mol. The van der Waals surface area contributed by atoms with E-state index in [0.717, 1.165) is 4.88 Å². The highest BCUT2D eigenvalue weighted by Gasteiger charge is 2.29. The minimum Gasteiger partial charge on any atom is -0.477 e. The van der Waals surface area contributed by atoms with Gasteiger partial charge in [0.15, 0.2) is 9.84 Å². The number of thiophene rings is 1. The Bertz CT molecular complexity index is 531. The highest BCUT2D eigenvalue weighted by Crippen LogP contribution is 2.17. The summed E-state index contributed by atoms with van der Waals surface area (Å²) in [5.74, 6) is -0.942. The van der Waals surface area contributed by atoms with Crippen LogP contribution in [0.2, 0.25) is 0 Å². The van der Waals surface area contributed by atoms with Gasteiger partial charge in [-0.05, 0) is 26.0 Å². The van der Waals surface area contributed by atoms with Crippen molar-refractivity contribution in [3.63, 3.8) is 0 Å². The third-order valence-electron chi connectivity index (χ3n) is 2.73. The molecule has 1 aromatic heterocycles. The van der Waals surface area contributed by atoms with Crippen molar-refractivity contribution in [2.45, 2.75) is 25.1 Å². The summed E-state index contributed by atoms with van der Waals surface area (Å²) >= 11 is 1.19. The van der Waals surface area contributed by atoms with Gasteiger partial charge in [-0.3, -0.25) is 0 Å². The first-order chi connectivity index (χ1) is 8.13. The topological polar surface area (TPSA) is 83.5 Å². The van der Waals surface area contributed by atoms with Gasteiger partial charge in [0.2, 0.25) is 0 Å². The van der Waals surface area contributed by atoms with Gasteiger partial charge in [0.05, 0.1) is 4.75 Å². The molecular formula is C11H17NO4S2. The van der Waals surface area contributed by atoms with Crippen molar-refractivity contribution in [1.82, 2.24) is 5.32 Å². The monoisotopic (exact) mass is 291 g/mol. The van der Waals surface area contributed by atoms with Crippen LogP contribution in [0.4, 0.5) is 0 Å². The average Bonchev–Trinajstić information content (AvgIpc) is 2.64. The van der Waals surface area contributed by atoms with Crippen molar-refractivity contribution in [3.05, 3.63) is 21.9 Å². The molecule has 0 bridgehead atoms. The Kier molecular flexibility index (Phi) is 4.52. The van der Waals surface area contributed by atoms with E-state index < -0.39 is 20.6 Å². The van der Waals surface area contributed by atoms with Crippen LogP contribution in [0.5, 0.6) is 0 Å². The van der Waals surface area contributed by atoms with Gasteiger partial charge in [0.1, 0.15) is 4.88 Å². The largest absolute Gasteiger partial charge is 0.477 e. The zero-order chi connectivity index (χ0) is 14.0. The Balaban J connectivity index is 2.54.